The number of amides is 1. The van der Waals surface area contributed by atoms with Gasteiger partial charge in [0.05, 0.1) is 0 Å². The fourth-order valence-electron chi connectivity index (χ4n) is 2.54. The standard InChI is InChI=1S/C20H25NO2/c1-6-19(23-18-8-7-15(4)16(5)12-18)20(22)21-17-10-13(2)9-14(3)11-17/h7-12,19H,6H2,1-5H3,(H,21,22). The minimum absolute atomic E-state index is 0.115. The normalized spacial score (nSPS) is 11.9. The highest BCUT2D eigenvalue weighted by atomic mass is 16.5. The van der Waals surface area contributed by atoms with Gasteiger partial charge in [-0.3, -0.25) is 4.79 Å². The quantitative estimate of drug-likeness (QED) is 0.868. The van der Waals surface area contributed by atoms with E-state index in [1.165, 1.54) is 5.56 Å². The molecule has 0 radical (unpaired) electrons. The summed E-state index contributed by atoms with van der Waals surface area (Å²) in [5, 5.41) is 2.96. The van der Waals surface area contributed by atoms with Gasteiger partial charge in [0.2, 0.25) is 0 Å². The van der Waals surface area contributed by atoms with Crippen LogP contribution in [0.4, 0.5) is 5.69 Å². The predicted octanol–water partition coefficient (Wildman–Crippen LogP) is 4.72. The zero-order valence-corrected chi connectivity index (χ0v) is 14.6. The average Bonchev–Trinajstić information content (AvgIpc) is 2.47. The summed E-state index contributed by atoms with van der Waals surface area (Å²) in [6.45, 7) is 10.1. The molecule has 23 heavy (non-hydrogen) atoms. The van der Waals surface area contributed by atoms with E-state index in [-0.39, 0.29) is 5.91 Å². The highest BCUT2D eigenvalue weighted by Crippen LogP contribution is 2.20. The molecule has 0 bridgehead atoms. The molecule has 0 saturated carbocycles. The molecule has 2 rings (SSSR count). The SMILES string of the molecule is CCC(Oc1ccc(C)c(C)c1)C(=O)Nc1cc(C)cc(C)c1. The Morgan fingerprint density at radius 1 is 1.00 bits per heavy atom. The number of carbonyl (C=O) groups is 1. The maximum atomic E-state index is 12.5. The summed E-state index contributed by atoms with van der Waals surface area (Å²) >= 11 is 0. The zero-order valence-electron chi connectivity index (χ0n) is 14.6. The Morgan fingerprint density at radius 3 is 2.22 bits per heavy atom. The molecule has 0 spiro atoms. The van der Waals surface area contributed by atoms with Gasteiger partial charge in [-0.1, -0.05) is 19.1 Å². The van der Waals surface area contributed by atoms with Gasteiger partial charge >= 0.3 is 0 Å². The first-order valence-corrected chi connectivity index (χ1v) is 8.02. The lowest BCUT2D eigenvalue weighted by Crippen LogP contribution is -2.32. The Balaban J connectivity index is 2.10. The van der Waals surface area contributed by atoms with Crippen LogP contribution >= 0.6 is 0 Å². The van der Waals surface area contributed by atoms with E-state index in [1.54, 1.807) is 0 Å². The van der Waals surface area contributed by atoms with Gasteiger partial charge in [-0.2, -0.15) is 0 Å². The molecule has 3 heteroatoms. The fourth-order valence-corrected chi connectivity index (χ4v) is 2.54. The van der Waals surface area contributed by atoms with Crippen molar-refractivity contribution in [3.8, 4) is 5.75 Å². The number of anilines is 1. The van der Waals surface area contributed by atoms with Crippen LogP contribution in [-0.4, -0.2) is 12.0 Å². The monoisotopic (exact) mass is 311 g/mol. The van der Waals surface area contributed by atoms with Crippen LogP contribution in [0.15, 0.2) is 36.4 Å². The van der Waals surface area contributed by atoms with Crippen LogP contribution in [0.3, 0.4) is 0 Å². The molecule has 0 aromatic heterocycles. The molecule has 0 aliphatic heterocycles. The van der Waals surface area contributed by atoms with Crippen LogP contribution in [0.1, 0.15) is 35.6 Å². The molecule has 1 unspecified atom stereocenters. The highest BCUT2D eigenvalue weighted by molar-refractivity contribution is 5.94. The molecular weight excluding hydrogens is 286 g/mol. The molecule has 122 valence electrons. The smallest absolute Gasteiger partial charge is 0.265 e. The van der Waals surface area contributed by atoms with Crippen molar-refractivity contribution in [2.75, 3.05) is 5.32 Å². The lowest BCUT2D eigenvalue weighted by atomic mass is 10.1. The Morgan fingerprint density at radius 2 is 1.65 bits per heavy atom. The van der Waals surface area contributed by atoms with Crippen LogP contribution in [-0.2, 0) is 4.79 Å². The van der Waals surface area contributed by atoms with Gasteiger partial charge in [-0.25, -0.2) is 0 Å². The van der Waals surface area contributed by atoms with Crippen LogP contribution in [0, 0.1) is 27.7 Å². The average molecular weight is 311 g/mol. The molecular formula is C20H25NO2. The summed E-state index contributed by atoms with van der Waals surface area (Å²) in [7, 11) is 0. The van der Waals surface area contributed by atoms with E-state index in [4.69, 9.17) is 4.74 Å². The van der Waals surface area contributed by atoms with Crippen molar-refractivity contribution in [2.45, 2.75) is 47.1 Å². The van der Waals surface area contributed by atoms with E-state index in [2.05, 4.69) is 18.3 Å². The number of nitrogens with one attached hydrogen (secondary N) is 1. The van der Waals surface area contributed by atoms with Gasteiger partial charge in [0.1, 0.15) is 5.75 Å². The lowest BCUT2D eigenvalue weighted by molar-refractivity contribution is -0.122. The van der Waals surface area contributed by atoms with Crippen LogP contribution in [0.5, 0.6) is 5.75 Å². The molecule has 1 atom stereocenters. The topological polar surface area (TPSA) is 38.3 Å². The van der Waals surface area contributed by atoms with Crippen molar-refractivity contribution in [3.05, 3.63) is 58.7 Å². The largest absolute Gasteiger partial charge is 0.481 e. The lowest BCUT2D eigenvalue weighted by Gasteiger charge is -2.18. The minimum atomic E-state index is -0.502. The fraction of sp³-hybridized carbons (Fsp3) is 0.350. The number of carbonyl (C=O) groups excluding carboxylic acids is 1. The number of benzene rings is 2. The Bertz CT molecular complexity index is 687. The van der Waals surface area contributed by atoms with Crippen molar-refractivity contribution in [1.29, 1.82) is 0 Å². The van der Waals surface area contributed by atoms with Crippen molar-refractivity contribution in [1.82, 2.24) is 0 Å². The Labute approximate surface area is 138 Å². The Hall–Kier alpha value is -2.29. The molecule has 2 aromatic carbocycles. The van der Waals surface area contributed by atoms with E-state index in [0.29, 0.717) is 6.42 Å². The molecule has 0 aliphatic carbocycles. The van der Waals surface area contributed by atoms with Crippen LogP contribution in [0.25, 0.3) is 0 Å². The zero-order chi connectivity index (χ0) is 17.0. The third-order valence-corrected chi connectivity index (χ3v) is 3.91. The minimum Gasteiger partial charge on any atom is -0.481 e. The van der Waals surface area contributed by atoms with Crippen LogP contribution < -0.4 is 10.1 Å². The first kappa shape index (κ1) is 17.1. The summed E-state index contributed by atoms with van der Waals surface area (Å²) in [5.41, 5.74) is 5.44. The summed E-state index contributed by atoms with van der Waals surface area (Å²) < 4.78 is 5.88. The number of aryl methyl sites for hydroxylation is 4. The van der Waals surface area contributed by atoms with Gasteiger partial charge in [0.15, 0.2) is 6.10 Å². The second kappa shape index (κ2) is 7.32. The third kappa shape index (κ3) is 4.59. The van der Waals surface area contributed by atoms with Crippen molar-refractivity contribution in [2.24, 2.45) is 0 Å². The maximum Gasteiger partial charge on any atom is 0.265 e. The first-order chi connectivity index (χ1) is 10.9. The van der Waals surface area contributed by atoms with Gasteiger partial charge in [-0.15, -0.1) is 0 Å². The third-order valence-electron chi connectivity index (χ3n) is 3.91. The van der Waals surface area contributed by atoms with Crippen molar-refractivity contribution >= 4 is 11.6 Å². The van der Waals surface area contributed by atoms with Crippen molar-refractivity contribution in [3.63, 3.8) is 0 Å². The summed E-state index contributed by atoms with van der Waals surface area (Å²) in [5.74, 6) is 0.617. The number of rotatable bonds is 5. The molecule has 0 saturated heterocycles. The predicted molar refractivity (Wildman–Crippen MR) is 95.2 cm³/mol. The molecule has 1 N–H and O–H groups in total. The van der Waals surface area contributed by atoms with E-state index in [1.807, 2.05) is 58.0 Å². The molecule has 2 aromatic rings. The molecule has 0 heterocycles. The number of hydrogen-bond acceptors (Lipinski definition) is 2. The molecule has 3 nitrogen and oxygen atoms in total. The maximum absolute atomic E-state index is 12.5. The molecule has 1 amide bonds. The second-order valence-corrected chi connectivity index (χ2v) is 6.13. The first-order valence-electron chi connectivity index (χ1n) is 8.02. The van der Waals surface area contributed by atoms with Crippen LogP contribution in [0.2, 0.25) is 0 Å². The van der Waals surface area contributed by atoms with Crippen molar-refractivity contribution < 1.29 is 9.53 Å². The Kier molecular flexibility index (Phi) is 5.43. The summed E-state index contributed by atoms with van der Waals surface area (Å²) in [4.78, 5) is 12.5. The van der Waals surface area contributed by atoms with E-state index in [9.17, 15) is 4.79 Å². The van der Waals surface area contributed by atoms with E-state index in [0.717, 1.165) is 28.1 Å². The second-order valence-electron chi connectivity index (χ2n) is 6.13. The summed E-state index contributed by atoms with van der Waals surface area (Å²) in [6, 6.07) is 11.9. The number of hydrogen-bond donors (Lipinski definition) is 1. The van der Waals surface area contributed by atoms with Gasteiger partial charge in [-0.05, 0) is 80.6 Å². The molecule has 0 aliphatic rings. The van der Waals surface area contributed by atoms with Gasteiger partial charge in [0, 0.05) is 5.69 Å². The van der Waals surface area contributed by atoms with E-state index < -0.39 is 6.10 Å². The highest BCUT2D eigenvalue weighted by Gasteiger charge is 2.19. The van der Waals surface area contributed by atoms with E-state index >= 15 is 0 Å². The van der Waals surface area contributed by atoms with Gasteiger partial charge < -0.3 is 10.1 Å². The summed E-state index contributed by atoms with van der Waals surface area (Å²) in [6.07, 6.45) is 0.113. The van der Waals surface area contributed by atoms with Gasteiger partial charge in [0.25, 0.3) is 5.91 Å². The number of ether oxygens (including phenoxy) is 1. The molecule has 0 fully saturated rings.